The molecule has 0 rings (SSSR count). The van der Waals surface area contributed by atoms with Crippen LogP contribution in [0.1, 0.15) is 67.2 Å². The second kappa shape index (κ2) is 8.00. The number of azo groups is 1. The lowest BCUT2D eigenvalue weighted by Crippen LogP contribution is -2.35. The summed E-state index contributed by atoms with van der Waals surface area (Å²) in [5.74, 6) is 0.169. The first-order chi connectivity index (χ1) is 9.34. The van der Waals surface area contributed by atoms with Gasteiger partial charge in [-0.3, -0.25) is 0 Å². The van der Waals surface area contributed by atoms with Crippen LogP contribution in [-0.4, -0.2) is 11.1 Å². The molecular formula is C16H28N4. The molecule has 2 unspecified atom stereocenters. The zero-order chi connectivity index (χ0) is 15.8. The van der Waals surface area contributed by atoms with Crippen LogP contribution in [0, 0.1) is 34.5 Å². The minimum absolute atomic E-state index is 0.0846. The summed E-state index contributed by atoms with van der Waals surface area (Å²) in [7, 11) is 0. The Morgan fingerprint density at radius 2 is 1.10 bits per heavy atom. The van der Waals surface area contributed by atoms with Crippen molar-refractivity contribution in [3.8, 4) is 12.1 Å². The van der Waals surface area contributed by atoms with Crippen molar-refractivity contribution >= 4 is 0 Å². The van der Waals surface area contributed by atoms with Crippen molar-refractivity contribution in [2.45, 2.75) is 78.3 Å². The Labute approximate surface area is 123 Å². The zero-order valence-electron chi connectivity index (χ0n) is 13.8. The van der Waals surface area contributed by atoms with Crippen LogP contribution in [0.25, 0.3) is 0 Å². The highest BCUT2D eigenvalue weighted by Gasteiger charge is 2.38. The SMILES string of the molecule is CCCC(C#N)(N=NC(C#N)(CCC)C(C)C)C(C)C. The maximum atomic E-state index is 9.53. The van der Waals surface area contributed by atoms with Gasteiger partial charge in [-0.15, -0.1) is 0 Å². The summed E-state index contributed by atoms with van der Waals surface area (Å²) in [5, 5.41) is 27.8. The first-order valence-corrected chi connectivity index (χ1v) is 7.60. The molecule has 20 heavy (non-hydrogen) atoms. The van der Waals surface area contributed by atoms with Gasteiger partial charge in [-0.05, 0) is 24.7 Å². The van der Waals surface area contributed by atoms with Gasteiger partial charge in [-0.1, -0.05) is 54.4 Å². The molecule has 0 saturated heterocycles. The molecule has 0 fully saturated rings. The molecule has 0 saturated carbocycles. The molecule has 4 heteroatoms. The largest absolute Gasteiger partial charge is 0.196 e. The van der Waals surface area contributed by atoms with E-state index in [2.05, 4.69) is 22.4 Å². The number of rotatable bonds is 8. The highest BCUT2D eigenvalue weighted by molar-refractivity contribution is 5.12. The smallest absolute Gasteiger partial charge is 0.169 e. The van der Waals surface area contributed by atoms with Gasteiger partial charge in [0.05, 0.1) is 12.1 Å². The zero-order valence-corrected chi connectivity index (χ0v) is 13.8. The average Bonchev–Trinajstić information content (AvgIpc) is 2.41. The summed E-state index contributed by atoms with van der Waals surface area (Å²) in [6, 6.07) is 4.65. The third-order valence-electron chi connectivity index (χ3n) is 3.97. The Morgan fingerprint density at radius 1 is 0.800 bits per heavy atom. The molecule has 0 aromatic carbocycles. The third kappa shape index (κ3) is 4.04. The Hall–Kier alpha value is -1.42. The first kappa shape index (κ1) is 18.6. The quantitative estimate of drug-likeness (QED) is 0.593. The second-order valence-corrected chi connectivity index (χ2v) is 6.08. The molecule has 0 spiro atoms. The fraction of sp³-hybridized carbons (Fsp3) is 0.875. The minimum atomic E-state index is -0.806. The van der Waals surface area contributed by atoms with Crippen LogP contribution in [0.15, 0.2) is 10.2 Å². The van der Waals surface area contributed by atoms with Crippen molar-refractivity contribution in [2.75, 3.05) is 0 Å². The molecule has 0 aliphatic rings. The minimum Gasteiger partial charge on any atom is -0.196 e. The van der Waals surface area contributed by atoms with Crippen molar-refractivity contribution in [1.82, 2.24) is 0 Å². The molecule has 112 valence electrons. The molecule has 0 aromatic rings. The van der Waals surface area contributed by atoms with E-state index in [0.717, 1.165) is 12.8 Å². The van der Waals surface area contributed by atoms with Gasteiger partial charge in [-0.2, -0.15) is 20.8 Å². The molecule has 0 N–H and O–H groups in total. The van der Waals surface area contributed by atoms with Gasteiger partial charge < -0.3 is 0 Å². The predicted octanol–water partition coefficient (Wildman–Crippen LogP) is 4.88. The standard InChI is InChI=1S/C16H28N4/c1-7-9-15(11-17,13(3)4)19-20-16(12-18,10-8-2)14(5)6/h13-14H,7-10H2,1-6H3. The lowest BCUT2D eigenvalue weighted by Gasteiger charge is -2.29. The molecule has 2 atom stereocenters. The van der Waals surface area contributed by atoms with Gasteiger partial charge in [-0.25, -0.2) is 0 Å². The normalized spacial score (nSPS) is 17.7. The van der Waals surface area contributed by atoms with Crippen molar-refractivity contribution < 1.29 is 0 Å². The molecule has 0 aliphatic heterocycles. The molecule has 4 nitrogen and oxygen atoms in total. The van der Waals surface area contributed by atoms with Crippen LogP contribution >= 0.6 is 0 Å². The van der Waals surface area contributed by atoms with Crippen LogP contribution in [0.4, 0.5) is 0 Å². The van der Waals surface area contributed by atoms with E-state index in [0.29, 0.717) is 12.8 Å². The summed E-state index contributed by atoms with van der Waals surface area (Å²) in [6.45, 7) is 12.0. The van der Waals surface area contributed by atoms with Crippen LogP contribution in [0.2, 0.25) is 0 Å². The van der Waals surface area contributed by atoms with Gasteiger partial charge in [0.25, 0.3) is 0 Å². The van der Waals surface area contributed by atoms with E-state index in [-0.39, 0.29) is 11.8 Å². The average molecular weight is 276 g/mol. The monoisotopic (exact) mass is 276 g/mol. The van der Waals surface area contributed by atoms with Gasteiger partial charge >= 0.3 is 0 Å². The number of nitrogens with zero attached hydrogens (tertiary/aromatic N) is 4. The van der Waals surface area contributed by atoms with Crippen molar-refractivity contribution in [3.63, 3.8) is 0 Å². The van der Waals surface area contributed by atoms with Gasteiger partial charge in [0.1, 0.15) is 0 Å². The fourth-order valence-corrected chi connectivity index (χ4v) is 2.26. The summed E-state index contributed by atoms with van der Waals surface area (Å²) in [6.07, 6.45) is 3.10. The highest BCUT2D eigenvalue weighted by atomic mass is 15.2. The first-order valence-electron chi connectivity index (χ1n) is 7.60. The van der Waals surface area contributed by atoms with E-state index in [9.17, 15) is 10.5 Å². The number of nitriles is 2. The van der Waals surface area contributed by atoms with E-state index in [4.69, 9.17) is 0 Å². The Bertz CT molecular complexity index is 362. The van der Waals surface area contributed by atoms with Crippen LogP contribution in [0.5, 0.6) is 0 Å². The topological polar surface area (TPSA) is 72.3 Å². The van der Waals surface area contributed by atoms with Crippen molar-refractivity contribution in [1.29, 1.82) is 10.5 Å². The van der Waals surface area contributed by atoms with Gasteiger partial charge in [0, 0.05) is 0 Å². The van der Waals surface area contributed by atoms with Gasteiger partial charge in [0.15, 0.2) is 11.1 Å². The molecule has 0 radical (unpaired) electrons. The van der Waals surface area contributed by atoms with E-state index >= 15 is 0 Å². The second-order valence-electron chi connectivity index (χ2n) is 6.08. The van der Waals surface area contributed by atoms with Gasteiger partial charge in [0.2, 0.25) is 0 Å². The Kier molecular flexibility index (Phi) is 7.43. The Balaban J connectivity index is 5.58. The summed E-state index contributed by atoms with van der Waals surface area (Å²) in [4.78, 5) is 0. The molecule has 0 heterocycles. The van der Waals surface area contributed by atoms with E-state index in [1.54, 1.807) is 0 Å². The molecule has 0 aromatic heterocycles. The maximum Gasteiger partial charge on any atom is 0.169 e. The third-order valence-corrected chi connectivity index (χ3v) is 3.97. The number of hydrogen-bond acceptors (Lipinski definition) is 4. The van der Waals surface area contributed by atoms with E-state index in [1.807, 2.05) is 41.5 Å². The summed E-state index contributed by atoms with van der Waals surface area (Å²) >= 11 is 0. The van der Waals surface area contributed by atoms with Crippen molar-refractivity contribution in [3.05, 3.63) is 0 Å². The highest BCUT2D eigenvalue weighted by Crippen LogP contribution is 2.32. The fourth-order valence-electron chi connectivity index (χ4n) is 2.26. The summed E-state index contributed by atoms with van der Waals surface area (Å²) in [5.41, 5.74) is -1.61. The lowest BCUT2D eigenvalue weighted by atomic mass is 9.83. The molecule has 0 amide bonds. The molecular weight excluding hydrogens is 248 g/mol. The van der Waals surface area contributed by atoms with Crippen LogP contribution in [-0.2, 0) is 0 Å². The predicted molar refractivity (Wildman–Crippen MR) is 81.0 cm³/mol. The summed E-state index contributed by atoms with van der Waals surface area (Å²) < 4.78 is 0. The number of hydrogen-bond donors (Lipinski definition) is 0. The van der Waals surface area contributed by atoms with Crippen LogP contribution in [0.3, 0.4) is 0 Å². The molecule has 0 aliphatic carbocycles. The van der Waals surface area contributed by atoms with Crippen molar-refractivity contribution in [2.24, 2.45) is 22.1 Å². The van der Waals surface area contributed by atoms with E-state index in [1.165, 1.54) is 0 Å². The van der Waals surface area contributed by atoms with E-state index < -0.39 is 11.1 Å². The Morgan fingerprint density at radius 3 is 1.25 bits per heavy atom. The maximum absolute atomic E-state index is 9.53. The van der Waals surface area contributed by atoms with Crippen LogP contribution < -0.4 is 0 Å². The lowest BCUT2D eigenvalue weighted by molar-refractivity contribution is 0.301. The molecule has 0 bridgehead atoms.